The highest BCUT2D eigenvalue weighted by Crippen LogP contribution is 2.24. The largest absolute Gasteiger partial charge is 0.351 e. The maximum atomic E-state index is 13.1. The normalized spacial score (nSPS) is 17.4. The Kier molecular flexibility index (Phi) is 4.57. The first-order chi connectivity index (χ1) is 13.3. The van der Waals surface area contributed by atoms with Gasteiger partial charge in [0.1, 0.15) is 5.69 Å². The van der Waals surface area contributed by atoms with E-state index >= 15 is 0 Å². The van der Waals surface area contributed by atoms with Crippen LogP contribution >= 0.6 is 0 Å². The number of amides is 1. The fourth-order valence-corrected chi connectivity index (χ4v) is 3.82. The summed E-state index contributed by atoms with van der Waals surface area (Å²) in [6, 6.07) is 13.1. The van der Waals surface area contributed by atoms with Crippen molar-refractivity contribution in [2.75, 3.05) is 6.54 Å². The summed E-state index contributed by atoms with van der Waals surface area (Å²) in [5.74, 6) is -0.0151. The number of nitrogens with one attached hydrogen (secondary N) is 1. The average molecular weight is 378 g/mol. The Morgan fingerprint density at radius 2 is 2.00 bits per heavy atom. The molecule has 0 spiro atoms. The van der Waals surface area contributed by atoms with Crippen LogP contribution in [-0.4, -0.2) is 38.2 Å². The van der Waals surface area contributed by atoms with Crippen molar-refractivity contribution in [3.8, 4) is 0 Å². The van der Waals surface area contributed by atoms with E-state index < -0.39 is 0 Å². The molecule has 0 aliphatic carbocycles. The number of carbonyl (C=O) groups excluding carboxylic acids is 1. The van der Waals surface area contributed by atoms with Crippen LogP contribution in [0.5, 0.6) is 0 Å². The molecule has 0 saturated carbocycles. The molecule has 3 aromatic rings. The van der Waals surface area contributed by atoms with Gasteiger partial charge in [0.15, 0.2) is 0 Å². The van der Waals surface area contributed by atoms with E-state index in [4.69, 9.17) is 0 Å². The number of nitrogens with zero attached hydrogens (tertiary/aromatic N) is 3. The minimum atomic E-state index is -0.134. The number of fused-ring (bicyclic) bond motifs is 1. The van der Waals surface area contributed by atoms with E-state index in [-0.39, 0.29) is 22.9 Å². The van der Waals surface area contributed by atoms with Gasteiger partial charge in [0.05, 0.1) is 18.3 Å². The second-order valence-corrected chi connectivity index (χ2v) is 8.55. The summed E-state index contributed by atoms with van der Waals surface area (Å²) in [5.41, 5.74) is 2.16. The summed E-state index contributed by atoms with van der Waals surface area (Å²) >= 11 is 0. The van der Waals surface area contributed by atoms with E-state index in [2.05, 4.69) is 30.9 Å². The Labute approximate surface area is 164 Å². The predicted molar refractivity (Wildman–Crippen MR) is 110 cm³/mol. The van der Waals surface area contributed by atoms with Crippen LogP contribution in [0.1, 0.15) is 49.8 Å². The van der Waals surface area contributed by atoms with Crippen LogP contribution in [0, 0.1) is 0 Å². The Hall–Kier alpha value is -2.89. The Morgan fingerprint density at radius 1 is 1.21 bits per heavy atom. The van der Waals surface area contributed by atoms with Gasteiger partial charge in [0.25, 0.3) is 11.5 Å². The molecule has 1 aliphatic rings. The molecule has 1 unspecified atom stereocenters. The van der Waals surface area contributed by atoms with E-state index in [9.17, 15) is 9.59 Å². The van der Waals surface area contributed by atoms with Crippen molar-refractivity contribution in [3.05, 3.63) is 64.2 Å². The third-order valence-corrected chi connectivity index (χ3v) is 5.42. The summed E-state index contributed by atoms with van der Waals surface area (Å²) in [7, 11) is 0. The SMILES string of the molecule is CC(C)(C)c1ccc(=O)n(CC2CCCN2C(=O)c2cc3ccccc3[nH]2)n1. The van der Waals surface area contributed by atoms with Gasteiger partial charge in [0.2, 0.25) is 0 Å². The lowest BCUT2D eigenvalue weighted by atomic mass is 9.92. The van der Waals surface area contributed by atoms with Crippen molar-refractivity contribution in [2.24, 2.45) is 0 Å². The lowest BCUT2D eigenvalue weighted by molar-refractivity contribution is 0.0715. The molecule has 1 fully saturated rings. The first-order valence-electron chi connectivity index (χ1n) is 9.80. The van der Waals surface area contributed by atoms with Gasteiger partial charge in [-0.3, -0.25) is 9.59 Å². The van der Waals surface area contributed by atoms with Crippen molar-refractivity contribution >= 4 is 16.8 Å². The third kappa shape index (κ3) is 3.46. The van der Waals surface area contributed by atoms with Gasteiger partial charge < -0.3 is 9.88 Å². The molecule has 6 nitrogen and oxygen atoms in total. The molecule has 1 saturated heterocycles. The van der Waals surface area contributed by atoms with Crippen LogP contribution in [-0.2, 0) is 12.0 Å². The zero-order valence-electron chi connectivity index (χ0n) is 16.6. The molecule has 1 atom stereocenters. The molecule has 1 amide bonds. The second kappa shape index (κ2) is 6.93. The van der Waals surface area contributed by atoms with E-state index in [1.807, 2.05) is 35.2 Å². The quantitative estimate of drug-likeness (QED) is 0.760. The van der Waals surface area contributed by atoms with Crippen molar-refractivity contribution < 1.29 is 4.79 Å². The first kappa shape index (κ1) is 18.5. The number of benzene rings is 1. The summed E-state index contributed by atoms with van der Waals surface area (Å²) in [4.78, 5) is 30.6. The van der Waals surface area contributed by atoms with Crippen LogP contribution in [0.4, 0.5) is 0 Å². The number of rotatable bonds is 3. The zero-order valence-corrected chi connectivity index (χ0v) is 16.6. The van der Waals surface area contributed by atoms with E-state index in [0.717, 1.165) is 29.4 Å². The van der Waals surface area contributed by atoms with Crippen molar-refractivity contribution in [3.63, 3.8) is 0 Å². The molecular formula is C22H26N4O2. The second-order valence-electron chi connectivity index (χ2n) is 8.55. The van der Waals surface area contributed by atoms with Crippen LogP contribution in [0.15, 0.2) is 47.3 Å². The number of aromatic nitrogens is 3. The van der Waals surface area contributed by atoms with Crippen LogP contribution in [0.3, 0.4) is 0 Å². The van der Waals surface area contributed by atoms with Crippen molar-refractivity contribution in [1.82, 2.24) is 19.7 Å². The van der Waals surface area contributed by atoms with Gasteiger partial charge in [-0.1, -0.05) is 39.0 Å². The highest BCUT2D eigenvalue weighted by molar-refractivity contribution is 5.98. The minimum Gasteiger partial charge on any atom is -0.351 e. The summed E-state index contributed by atoms with van der Waals surface area (Å²) < 4.78 is 1.52. The van der Waals surface area contributed by atoms with Gasteiger partial charge in [-0.15, -0.1) is 0 Å². The molecule has 4 rings (SSSR count). The Morgan fingerprint density at radius 3 is 2.75 bits per heavy atom. The third-order valence-electron chi connectivity index (χ3n) is 5.42. The number of H-pyrrole nitrogens is 1. The van der Waals surface area contributed by atoms with E-state index in [0.29, 0.717) is 18.8 Å². The van der Waals surface area contributed by atoms with Gasteiger partial charge in [0, 0.05) is 28.9 Å². The molecule has 2 aromatic heterocycles. The Bertz CT molecular complexity index is 1040. The number of para-hydroxylation sites is 1. The zero-order chi connectivity index (χ0) is 19.9. The van der Waals surface area contributed by atoms with Gasteiger partial charge in [-0.2, -0.15) is 5.10 Å². The molecule has 146 valence electrons. The number of hydrogen-bond donors (Lipinski definition) is 1. The topological polar surface area (TPSA) is 71.0 Å². The fraction of sp³-hybridized carbons (Fsp3) is 0.409. The average Bonchev–Trinajstić information content (AvgIpc) is 3.28. The lowest BCUT2D eigenvalue weighted by Crippen LogP contribution is -2.41. The summed E-state index contributed by atoms with van der Waals surface area (Å²) in [5, 5.41) is 5.59. The van der Waals surface area contributed by atoms with Gasteiger partial charge >= 0.3 is 0 Å². The molecule has 0 radical (unpaired) electrons. The van der Waals surface area contributed by atoms with E-state index in [1.54, 1.807) is 12.1 Å². The highest BCUT2D eigenvalue weighted by atomic mass is 16.2. The molecule has 1 N–H and O–H groups in total. The Balaban J connectivity index is 1.59. The molecule has 0 bridgehead atoms. The first-order valence-corrected chi connectivity index (χ1v) is 9.80. The molecule has 3 heterocycles. The minimum absolute atomic E-state index is 0.0151. The predicted octanol–water partition coefficient (Wildman–Crippen LogP) is 3.33. The monoisotopic (exact) mass is 378 g/mol. The molecular weight excluding hydrogens is 352 g/mol. The molecule has 1 aromatic carbocycles. The summed E-state index contributed by atoms with van der Waals surface area (Å²) in [6.07, 6.45) is 1.81. The summed E-state index contributed by atoms with van der Waals surface area (Å²) in [6.45, 7) is 7.35. The van der Waals surface area contributed by atoms with Crippen LogP contribution < -0.4 is 5.56 Å². The maximum Gasteiger partial charge on any atom is 0.270 e. The smallest absolute Gasteiger partial charge is 0.270 e. The fourth-order valence-electron chi connectivity index (χ4n) is 3.82. The number of hydrogen-bond acceptors (Lipinski definition) is 3. The molecule has 28 heavy (non-hydrogen) atoms. The lowest BCUT2D eigenvalue weighted by Gasteiger charge is -2.25. The van der Waals surface area contributed by atoms with Gasteiger partial charge in [-0.05, 0) is 31.0 Å². The van der Waals surface area contributed by atoms with Crippen LogP contribution in [0.2, 0.25) is 0 Å². The molecule has 1 aliphatic heterocycles. The number of likely N-dealkylation sites (tertiary alicyclic amines) is 1. The molecule has 6 heteroatoms. The standard InChI is InChI=1S/C22H26N4O2/c1-22(2,3)19-10-11-20(27)26(24-19)14-16-8-6-12-25(16)21(28)18-13-15-7-4-5-9-17(15)23-18/h4-5,7,9-11,13,16,23H,6,8,12,14H2,1-3H3. The van der Waals surface area contributed by atoms with Crippen molar-refractivity contribution in [1.29, 1.82) is 0 Å². The van der Waals surface area contributed by atoms with Crippen LogP contribution in [0.25, 0.3) is 10.9 Å². The van der Waals surface area contributed by atoms with Crippen molar-refractivity contribution in [2.45, 2.75) is 51.6 Å². The number of carbonyl (C=O) groups is 1. The van der Waals surface area contributed by atoms with Gasteiger partial charge in [-0.25, -0.2) is 4.68 Å². The maximum absolute atomic E-state index is 13.1. The highest BCUT2D eigenvalue weighted by Gasteiger charge is 2.31. The van der Waals surface area contributed by atoms with E-state index in [1.165, 1.54) is 4.68 Å². The number of aromatic amines is 1.